The second-order valence-corrected chi connectivity index (χ2v) is 5.21. The SMILES string of the molecule is O=C1c2cc(Cl)c(Cl)cc2CC[C@H]1Br. The molecule has 74 valence electrons. The molecule has 2 rings (SSSR count). The van der Waals surface area contributed by atoms with E-state index < -0.39 is 0 Å². The molecule has 1 nitrogen and oxygen atoms in total. The molecule has 0 spiro atoms. The van der Waals surface area contributed by atoms with E-state index in [1.807, 2.05) is 0 Å². The lowest BCUT2D eigenvalue weighted by Crippen LogP contribution is -2.22. The molecule has 1 atom stereocenters. The molecule has 0 amide bonds. The van der Waals surface area contributed by atoms with Crippen molar-refractivity contribution in [2.45, 2.75) is 17.7 Å². The number of alkyl halides is 1. The molecule has 0 fully saturated rings. The van der Waals surface area contributed by atoms with Crippen molar-refractivity contribution in [3.63, 3.8) is 0 Å². The normalized spacial score (nSPS) is 20.8. The number of Topliss-reactive ketones (excluding diaryl/α,β-unsaturated/α-hetero) is 1. The zero-order valence-corrected chi connectivity index (χ0v) is 10.3. The maximum atomic E-state index is 11.7. The summed E-state index contributed by atoms with van der Waals surface area (Å²) in [5.74, 6) is 0.102. The van der Waals surface area contributed by atoms with E-state index in [1.165, 1.54) is 0 Å². The highest BCUT2D eigenvalue weighted by atomic mass is 79.9. The van der Waals surface area contributed by atoms with Crippen molar-refractivity contribution in [1.29, 1.82) is 0 Å². The van der Waals surface area contributed by atoms with Gasteiger partial charge >= 0.3 is 0 Å². The fourth-order valence-corrected chi connectivity index (χ4v) is 2.43. The van der Waals surface area contributed by atoms with Crippen molar-refractivity contribution in [2.24, 2.45) is 0 Å². The fraction of sp³-hybridized carbons (Fsp3) is 0.300. The zero-order valence-electron chi connectivity index (χ0n) is 7.19. The highest BCUT2D eigenvalue weighted by Gasteiger charge is 2.25. The van der Waals surface area contributed by atoms with Crippen molar-refractivity contribution in [3.05, 3.63) is 33.3 Å². The molecule has 0 bridgehead atoms. The number of carbonyl (C=O) groups is 1. The van der Waals surface area contributed by atoms with Gasteiger partial charge in [-0.3, -0.25) is 4.79 Å². The molecular formula is C10H7BrCl2O. The van der Waals surface area contributed by atoms with E-state index >= 15 is 0 Å². The van der Waals surface area contributed by atoms with Gasteiger partial charge in [0, 0.05) is 5.56 Å². The third-order valence-corrected chi connectivity index (χ3v) is 3.96. The Morgan fingerprint density at radius 2 is 1.93 bits per heavy atom. The molecule has 0 aromatic heterocycles. The largest absolute Gasteiger partial charge is 0.293 e. The van der Waals surface area contributed by atoms with E-state index in [2.05, 4.69) is 15.9 Å². The average molecular weight is 294 g/mol. The minimum atomic E-state index is -0.0766. The molecular weight excluding hydrogens is 287 g/mol. The highest BCUT2D eigenvalue weighted by Crippen LogP contribution is 2.32. The zero-order chi connectivity index (χ0) is 10.3. The molecule has 0 radical (unpaired) electrons. The van der Waals surface area contributed by atoms with Gasteiger partial charge in [0.2, 0.25) is 0 Å². The van der Waals surface area contributed by atoms with Crippen molar-refractivity contribution < 1.29 is 4.79 Å². The first-order valence-corrected chi connectivity index (χ1v) is 5.93. The molecule has 1 aliphatic carbocycles. The number of carbonyl (C=O) groups excluding carboxylic acids is 1. The van der Waals surface area contributed by atoms with Gasteiger partial charge in [0.25, 0.3) is 0 Å². The van der Waals surface area contributed by atoms with Crippen LogP contribution in [0.15, 0.2) is 12.1 Å². The van der Waals surface area contributed by atoms with Gasteiger partial charge in [-0.2, -0.15) is 0 Å². The van der Waals surface area contributed by atoms with Crippen LogP contribution in [0, 0.1) is 0 Å². The van der Waals surface area contributed by atoms with Crippen LogP contribution in [0.2, 0.25) is 10.0 Å². The summed E-state index contributed by atoms with van der Waals surface area (Å²) in [5.41, 5.74) is 1.70. The summed E-state index contributed by atoms with van der Waals surface area (Å²) in [6, 6.07) is 3.45. The topological polar surface area (TPSA) is 17.1 Å². The second-order valence-electron chi connectivity index (χ2n) is 3.29. The van der Waals surface area contributed by atoms with Gasteiger partial charge in [-0.1, -0.05) is 39.1 Å². The Kier molecular flexibility index (Phi) is 2.87. The number of aryl methyl sites for hydroxylation is 1. The second kappa shape index (κ2) is 3.84. The minimum Gasteiger partial charge on any atom is -0.293 e. The molecule has 0 N–H and O–H groups in total. The Hall–Kier alpha value is -0.0500. The smallest absolute Gasteiger partial charge is 0.176 e. The minimum absolute atomic E-state index is 0.0766. The summed E-state index contributed by atoms with van der Waals surface area (Å²) in [6.07, 6.45) is 1.69. The van der Waals surface area contributed by atoms with E-state index in [0.717, 1.165) is 18.4 Å². The van der Waals surface area contributed by atoms with Crippen LogP contribution in [0.4, 0.5) is 0 Å². The van der Waals surface area contributed by atoms with Crippen LogP contribution >= 0.6 is 39.1 Å². The molecule has 1 aromatic rings. The van der Waals surface area contributed by atoms with Crippen LogP contribution in [0.25, 0.3) is 0 Å². The quantitative estimate of drug-likeness (QED) is 0.663. The standard InChI is InChI=1S/C10H7BrCl2O/c11-7-2-1-5-3-8(12)9(13)4-6(5)10(7)14/h3-4,7H,1-2H2/t7-/m1/s1. The summed E-state index contributed by atoms with van der Waals surface area (Å²) in [5, 5.41) is 0.964. The van der Waals surface area contributed by atoms with Gasteiger partial charge < -0.3 is 0 Å². The lowest BCUT2D eigenvalue weighted by atomic mass is 9.91. The monoisotopic (exact) mass is 292 g/mol. The van der Waals surface area contributed by atoms with Crippen LogP contribution < -0.4 is 0 Å². The Balaban J connectivity index is 2.56. The third-order valence-electron chi connectivity index (χ3n) is 2.36. The van der Waals surface area contributed by atoms with Crippen molar-refractivity contribution in [1.82, 2.24) is 0 Å². The Morgan fingerprint density at radius 3 is 2.64 bits per heavy atom. The summed E-state index contributed by atoms with van der Waals surface area (Å²) < 4.78 is 0. The lowest BCUT2D eigenvalue weighted by molar-refractivity contribution is 0.0981. The molecule has 14 heavy (non-hydrogen) atoms. The Morgan fingerprint density at radius 1 is 1.29 bits per heavy atom. The molecule has 0 unspecified atom stereocenters. The highest BCUT2D eigenvalue weighted by molar-refractivity contribution is 9.10. The van der Waals surface area contributed by atoms with E-state index in [9.17, 15) is 4.79 Å². The average Bonchev–Trinajstić information content (AvgIpc) is 2.15. The van der Waals surface area contributed by atoms with Crippen molar-refractivity contribution >= 4 is 44.9 Å². The van der Waals surface area contributed by atoms with Gasteiger partial charge in [-0.15, -0.1) is 0 Å². The molecule has 4 heteroatoms. The number of hydrogen-bond donors (Lipinski definition) is 0. The van der Waals surface area contributed by atoms with Crippen LogP contribution in [-0.4, -0.2) is 10.6 Å². The Labute approximate surface area is 101 Å². The van der Waals surface area contributed by atoms with Gasteiger partial charge in [0.1, 0.15) is 0 Å². The maximum Gasteiger partial charge on any atom is 0.176 e. The van der Waals surface area contributed by atoms with Gasteiger partial charge in [-0.05, 0) is 30.5 Å². The number of fused-ring (bicyclic) bond motifs is 1. The van der Waals surface area contributed by atoms with Crippen LogP contribution in [-0.2, 0) is 6.42 Å². The number of hydrogen-bond acceptors (Lipinski definition) is 1. The lowest BCUT2D eigenvalue weighted by Gasteiger charge is -2.19. The summed E-state index contributed by atoms with van der Waals surface area (Å²) in [7, 11) is 0. The van der Waals surface area contributed by atoms with Gasteiger partial charge in [-0.25, -0.2) is 0 Å². The molecule has 0 heterocycles. The molecule has 1 aliphatic rings. The molecule has 1 aromatic carbocycles. The number of halogens is 3. The van der Waals surface area contributed by atoms with Crippen molar-refractivity contribution in [3.8, 4) is 0 Å². The first-order chi connectivity index (χ1) is 6.59. The van der Waals surface area contributed by atoms with E-state index in [0.29, 0.717) is 15.6 Å². The van der Waals surface area contributed by atoms with Crippen molar-refractivity contribution in [2.75, 3.05) is 0 Å². The number of ketones is 1. The van der Waals surface area contributed by atoms with Gasteiger partial charge in [0.05, 0.1) is 14.9 Å². The molecule has 0 saturated heterocycles. The van der Waals surface area contributed by atoms with Crippen LogP contribution in [0.3, 0.4) is 0 Å². The molecule has 0 saturated carbocycles. The Bertz CT molecular complexity index is 403. The first-order valence-electron chi connectivity index (χ1n) is 4.26. The van der Waals surface area contributed by atoms with E-state index in [4.69, 9.17) is 23.2 Å². The predicted molar refractivity (Wildman–Crippen MR) is 61.8 cm³/mol. The third kappa shape index (κ3) is 1.71. The van der Waals surface area contributed by atoms with Crippen LogP contribution in [0.1, 0.15) is 22.3 Å². The van der Waals surface area contributed by atoms with E-state index in [1.54, 1.807) is 12.1 Å². The molecule has 0 aliphatic heterocycles. The number of rotatable bonds is 0. The van der Waals surface area contributed by atoms with Gasteiger partial charge in [0.15, 0.2) is 5.78 Å². The predicted octanol–water partition coefficient (Wildman–Crippen LogP) is 3.89. The summed E-state index contributed by atoms with van der Waals surface area (Å²) >= 11 is 15.1. The fourth-order valence-electron chi connectivity index (χ4n) is 1.61. The van der Waals surface area contributed by atoms with Crippen LogP contribution in [0.5, 0.6) is 0 Å². The maximum absolute atomic E-state index is 11.7. The number of benzene rings is 1. The summed E-state index contributed by atoms with van der Waals surface area (Å²) in [6.45, 7) is 0. The summed E-state index contributed by atoms with van der Waals surface area (Å²) in [4.78, 5) is 11.7. The first kappa shape index (κ1) is 10.5. The van der Waals surface area contributed by atoms with E-state index in [-0.39, 0.29) is 10.6 Å².